The lowest BCUT2D eigenvalue weighted by molar-refractivity contribution is -0.122. The van der Waals surface area contributed by atoms with Gasteiger partial charge in [0.05, 0.1) is 17.7 Å². The Balaban J connectivity index is 1.54. The summed E-state index contributed by atoms with van der Waals surface area (Å²) in [5.41, 5.74) is 8.14. The summed E-state index contributed by atoms with van der Waals surface area (Å²) in [5, 5.41) is 9.40. The Morgan fingerprint density at radius 1 is 1.19 bits per heavy atom. The van der Waals surface area contributed by atoms with Crippen LogP contribution in [0.15, 0.2) is 42.6 Å². The van der Waals surface area contributed by atoms with Crippen molar-refractivity contribution in [2.24, 2.45) is 0 Å². The summed E-state index contributed by atoms with van der Waals surface area (Å²) in [6.07, 6.45) is 5.09. The number of H-pyrrole nitrogens is 2. The molecule has 2 aliphatic rings. The van der Waals surface area contributed by atoms with Crippen molar-refractivity contribution in [2.45, 2.75) is 45.1 Å². The summed E-state index contributed by atoms with van der Waals surface area (Å²) in [6.45, 7) is 4.48. The molecule has 2 N–H and O–H groups in total. The van der Waals surface area contributed by atoms with Gasteiger partial charge in [-0.2, -0.15) is 5.10 Å². The highest BCUT2D eigenvalue weighted by atomic mass is 35.5. The van der Waals surface area contributed by atoms with Gasteiger partial charge in [-0.15, -0.1) is 0 Å². The van der Waals surface area contributed by atoms with E-state index in [9.17, 15) is 4.79 Å². The second-order valence-electron chi connectivity index (χ2n) is 9.11. The van der Waals surface area contributed by atoms with Crippen molar-refractivity contribution in [1.29, 1.82) is 0 Å². The van der Waals surface area contributed by atoms with Crippen molar-refractivity contribution in [2.75, 3.05) is 4.90 Å². The number of halogens is 1. The van der Waals surface area contributed by atoms with E-state index in [-0.39, 0.29) is 5.91 Å². The maximum atomic E-state index is 13.4. The maximum absolute atomic E-state index is 13.4. The van der Waals surface area contributed by atoms with E-state index in [1.54, 1.807) is 0 Å². The lowest BCUT2D eigenvalue weighted by atomic mass is 9.85. The Bertz CT molecular complexity index is 1360. The van der Waals surface area contributed by atoms with Crippen molar-refractivity contribution >= 4 is 34.1 Å². The SMILES string of the molecule is CC1(C)C(=O)N(Cc2ccccc2Cl)c2cc3c4c([nH]c3cc21)-c1n[nH]cc1CCC4. The molecule has 3 heterocycles. The van der Waals surface area contributed by atoms with Gasteiger partial charge < -0.3 is 9.88 Å². The normalized spacial score (nSPS) is 16.9. The maximum Gasteiger partial charge on any atom is 0.237 e. The number of aromatic amines is 2. The van der Waals surface area contributed by atoms with Gasteiger partial charge in [-0.05, 0) is 73.6 Å². The van der Waals surface area contributed by atoms with Crippen LogP contribution in [0.3, 0.4) is 0 Å². The summed E-state index contributed by atoms with van der Waals surface area (Å²) in [4.78, 5) is 18.9. The number of amides is 1. The van der Waals surface area contributed by atoms with Gasteiger partial charge in [0, 0.05) is 27.8 Å². The highest BCUT2D eigenvalue weighted by molar-refractivity contribution is 6.31. The molecule has 1 aliphatic carbocycles. The minimum Gasteiger partial charge on any atom is -0.353 e. The zero-order valence-corrected chi connectivity index (χ0v) is 18.3. The van der Waals surface area contributed by atoms with E-state index in [1.807, 2.05) is 49.2 Å². The Kier molecular flexibility index (Phi) is 3.90. The van der Waals surface area contributed by atoms with Gasteiger partial charge in [0.1, 0.15) is 5.69 Å². The van der Waals surface area contributed by atoms with Crippen molar-refractivity contribution in [1.82, 2.24) is 15.2 Å². The summed E-state index contributed by atoms with van der Waals surface area (Å²) in [5.74, 6) is 0.107. The van der Waals surface area contributed by atoms with Gasteiger partial charge in [0.2, 0.25) is 5.91 Å². The van der Waals surface area contributed by atoms with Crippen LogP contribution < -0.4 is 4.90 Å². The molecule has 0 saturated carbocycles. The Morgan fingerprint density at radius 3 is 2.87 bits per heavy atom. The molecule has 5 nitrogen and oxygen atoms in total. The Labute approximate surface area is 185 Å². The molecular weight excluding hydrogens is 408 g/mol. The molecule has 0 radical (unpaired) electrons. The summed E-state index contributed by atoms with van der Waals surface area (Å²) < 4.78 is 0. The van der Waals surface area contributed by atoms with Crippen LogP contribution in [0.5, 0.6) is 0 Å². The third kappa shape index (κ3) is 2.62. The molecule has 0 bridgehead atoms. The van der Waals surface area contributed by atoms with Crippen LogP contribution in [0, 0.1) is 0 Å². The molecule has 31 heavy (non-hydrogen) atoms. The topological polar surface area (TPSA) is 64.8 Å². The van der Waals surface area contributed by atoms with Crippen molar-refractivity contribution < 1.29 is 4.79 Å². The van der Waals surface area contributed by atoms with E-state index in [0.29, 0.717) is 11.6 Å². The van der Waals surface area contributed by atoms with E-state index in [2.05, 4.69) is 27.3 Å². The lowest BCUT2D eigenvalue weighted by Gasteiger charge is -2.21. The first-order valence-corrected chi connectivity index (χ1v) is 11.1. The van der Waals surface area contributed by atoms with E-state index in [1.165, 1.54) is 16.5 Å². The molecule has 156 valence electrons. The number of carbonyl (C=O) groups excluding carboxylic acids is 1. The number of nitrogens with one attached hydrogen (secondary N) is 2. The first-order valence-electron chi connectivity index (χ1n) is 10.7. The standard InChI is InChI=1S/C25H23ClN4O/c1-25(2)18-11-20-17(16-8-5-7-14-12-27-29-22(14)23(16)28-20)10-21(18)30(24(25)31)13-15-6-3-4-9-19(15)26/h3-4,6,9-12,28H,5,7-8,13H2,1-2H3,(H,27,29). The smallest absolute Gasteiger partial charge is 0.237 e. The lowest BCUT2D eigenvalue weighted by Crippen LogP contribution is -2.35. The van der Waals surface area contributed by atoms with Crippen LogP contribution in [0.4, 0.5) is 5.69 Å². The van der Waals surface area contributed by atoms with E-state index in [0.717, 1.165) is 53.0 Å². The molecule has 1 aliphatic heterocycles. The molecule has 4 aromatic rings. The minimum absolute atomic E-state index is 0.107. The van der Waals surface area contributed by atoms with Crippen molar-refractivity contribution in [3.05, 3.63) is 69.9 Å². The average Bonchev–Trinajstić information content (AvgIpc) is 3.36. The highest BCUT2D eigenvalue weighted by Crippen LogP contribution is 2.46. The quantitative estimate of drug-likeness (QED) is 0.439. The van der Waals surface area contributed by atoms with E-state index >= 15 is 0 Å². The number of carbonyl (C=O) groups is 1. The van der Waals surface area contributed by atoms with Gasteiger partial charge in [-0.1, -0.05) is 29.8 Å². The highest BCUT2D eigenvalue weighted by Gasteiger charge is 2.44. The molecule has 0 spiro atoms. The van der Waals surface area contributed by atoms with E-state index in [4.69, 9.17) is 11.6 Å². The number of aromatic nitrogens is 3. The number of nitrogens with zero attached hydrogens (tertiary/aromatic N) is 2. The predicted molar refractivity (Wildman–Crippen MR) is 124 cm³/mol. The molecule has 2 aromatic carbocycles. The second-order valence-corrected chi connectivity index (χ2v) is 9.52. The zero-order chi connectivity index (χ0) is 21.3. The van der Waals surface area contributed by atoms with Gasteiger partial charge in [0.25, 0.3) is 0 Å². The first-order chi connectivity index (χ1) is 14.9. The second kappa shape index (κ2) is 6.47. The Morgan fingerprint density at radius 2 is 2.03 bits per heavy atom. The fraction of sp³-hybridized carbons (Fsp3) is 0.280. The zero-order valence-electron chi connectivity index (χ0n) is 17.6. The molecule has 2 aromatic heterocycles. The summed E-state index contributed by atoms with van der Waals surface area (Å²) in [7, 11) is 0. The third-order valence-electron chi connectivity index (χ3n) is 6.88. The van der Waals surface area contributed by atoms with E-state index < -0.39 is 5.41 Å². The monoisotopic (exact) mass is 430 g/mol. The fourth-order valence-corrected chi connectivity index (χ4v) is 5.36. The third-order valence-corrected chi connectivity index (χ3v) is 7.25. The largest absolute Gasteiger partial charge is 0.353 e. The number of hydrogen-bond acceptors (Lipinski definition) is 2. The van der Waals surface area contributed by atoms with Crippen molar-refractivity contribution in [3.8, 4) is 11.4 Å². The molecule has 6 heteroatoms. The van der Waals surface area contributed by atoms with Crippen LogP contribution >= 0.6 is 11.6 Å². The van der Waals surface area contributed by atoms with Crippen LogP contribution in [-0.4, -0.2) is 21.1 Å². The number of hydrogen-bond donors (Lipinski definition) is 2. The van der Waals surface area contributed by atoms with Gasteiger partial charge in [-0.3, -0.25) is 9.89 Å². The number of aryl methyl sites for hydroxylation is 2. The molecule has 6 rings (SSSR count). The fourth-order valence-electron chi connectivity index (χ4n) is 5.17. The molecule has 0 atom stereocenters. The minimum atomic E-state index is -0.592. The number of benzene rings is 2. The molecule has 0 unspecified atom stereocenters. The molecule has 0 saturated heterocycles. The van der Waals surface area contributed by atoms with Crippen LogP contribution in [0.25, 0.3) is 22.3 Å². The Hall–Kier alpha value is -3.05. The van der Waals surface area contributed by atoms with Crippen molar-refractivity contribution in [3.63, 3.8) is 0 Å². The molecule has 0 fully saturated rings. The van der Waals surface area contributed by atoms with Crippen LogP contribution in [0.2, 0.25) is 5.02 Å². The molecular formula is C25H23ClN4O. The van der Waals surface area contributed by atoms with Gasteiger partial charge in [-0.25, -0.2) is 0 Å². The van der Waals surface area contributed by atoms with Crippen LogP contribution in [0.1, 0.15) is 42.5 Å². The number of anilines is 1. The van der Waals surface area contributed by atoms with Gasteiger partial charge >= 0.3 is 0 Å². The molecule has 1 amide bonds. The number of rotatable bonds is 2. The summed E-state index contributed by atoms with van der Waals surface area (Å²) >= 11 is 6.42. The first kappa shape index (κ1) is 18.7. The average molecular weight is 431 g/mol. The summed E-state index contributed by atoms with van der Waals surface area (Å²) in [6, 6.07) is 12.1. The van der Waals surface area contributed by atoms with Gasteiger partial charge in [0.15, 0.2) is 0 Å². The predicted octanol–water partition coefficient (Wildman–Crippen LogP) is 5.52. The number of fused-ring (bicyclic) bond motifs is 6. The van der Waals surface area contributed by atoms with Crippen LogP contribution in [-0.2, 0) is 29.6 Å².